The van der Waals surface area contributed by atoms with Crippen molar-refractivity contribution in [1.82, 2.24) is 19.7 Å². The summed E-state index contributed by atoms with van der Waals surface area (Å²) in [4.78, 5) is 22.7. The summed E-state index contributed by atoms with van der Waals surface area (Å²) < 4.78 is 1.91. The van der Waals surface area contributed by atoms with Crippen LogP contribution in [0, 0.1) is 0 Å². The lowest BCUT2D eigenvalue weighted by atomic mass is 10.3. The second-order valence-corrected chi connectivity index (χ2v) is 5.17. The van der Waals surface area contributed by atoms with Crippen molar-refractivity contribution in [3.8, 4) is 0 Å². The van der Waals surface area contributed by atoms with E-state index >= 15 is 0 Å². The number of rotatable bonds is 4. The van der Waals surface area contributed by atoms with Gasteiger partial charge in [0.05, 0.1) is 12.1 Å². The second-order valence-electron chi connectivity index (χ2n) is 5.17. The van der Waals surface area contributed by atoms with Crippen LogP contribution in [-0.4, -0.2) is 34.4 Å². The fourth-order valence-electron chi connectivity index (χ4n) is 2.16. The van der Waals surface area contributed by atoms with Crippen molar-refractivity contribution in [2.75, 3.05) is 19.0 Å². The molecular formula is C16H17N5O. The standard InChI is InChI=1S/C16H17N5O/c1-20(2)15-6-7-17-14(19-15)10-18-16(22)12-9-13-5-3-4-8-21(13)11-12/h3-9,11H,10H2,1-2H3,(H,18,22). The Labute approximate surface area is 128 Å². The van der Waals surface area contributed by atoms with Gasteiger partial charge in [-0.25, -0.2) is 9.97 Å². The number of carbonyl (C=O) groups excluding carboxylic acids is 1. The van der Waals surface area contributed by atoms with Gasteiger partial charge in [0.15, 0.2) is 0 Å². The summed E-state index contributed by atoms with van der Waals surface area (Å²) in [5.74, 6) is 1.26. The van der Waals surface area contributed by atoms with E-state index in [9.17, 15) is 4.79 Å². The fourth-order valence-corrected chi connectivity index (χ4v) is 2.16. The average Bonchev–Trinajstić information content (AvgIpc) is 2.97. The third-order valence-corrected chi connectivity index (χ3v) is 3.32. The van der Waals surface area contributed by atoms with Gasteiger partial charge in [0.25, 0.3) is 5.91 Å². The summed E-state index contributed by atoms with van der Waals surface area (Å²) >= 11 is 0. The number of hydrogen-bond acceptors (Lipinski definition) is 4. The number of fused-ring (bicyclic) bond motifs is 1. The van der Waals surface area contributed by atoms with Crippen LogP contribution in [0.2, 0.25) is 0 Å². The molecule has 112 valence electrons. The van der Waals surface area contributed by atoms with Gasteiger partial charge >= 0.3 is 0 Å². The lowest BCUT2D eigenvalue weighted by Gasteiger charge is -2.11. The van der Waals surface area contributed by atoms with Gasteiger partial charge in [-0.05, 0) is 24.3 Å². The Hall–Kier alpha value is -2.89. The molecule has 0 atom stereocenters. The van der Waals surface area contributed by atoms with Gasteiger partial charge in [0.2, 0.25) is 0 Å². The first-order valence-corrected chi connectivity index (χ1v) is 6.97. The molecule has 0 aromatic carbocycles. The van der Waals surface area contributed by atoms with Crippen LogP contribution in [0.1, 0.15) is 16.2 Å². The Kier molecular flexibility index (Phi) is 3.74. The molecule has 3 heterocycles. The Morgan fingerprint density at radius 3 is 2.95 bits per heavy atom. The summed E-state index contributed by atoms with van der Waals surface area (Å²) in [6.45, 7) is 0.298. The number of pyridine rings is 1. The molecule has 0 saturated heterocycles. The molecule has 1 N–H and O–H groups in total. The van der Waals surface area contributed by atoms with Gasteiger partial charge in [-0.3, -0.25) is 4.79 Å². The van der Waals surface area contributed by atoms with Gasteiger partial charge < -0.3 is 14.6 Å². The van der Waals surface area contributed by atoms with Crippen LogP contribution in [0.15, 0.2) is 48.9 Å². The van der Waals surface area contributed by atoms with Gasteiger partial charge in [-0.2, -0.15) is 0 Å². The molecule has 22 heavy (non-hydrogen) atoms. The second kappa shape index (κ2) is 5.85. The quantitative estimate of drug-likeness (QED) is 0.796. The predicted molar refractivity (Wildman–Crippen MR) is 84.9 cm³/mol. The number of nitrogens with zero attached hydrogens (tertiary/aromatic N) is 4. The minimum absolute atomic E-state index is 0.137. The zero-order valence-electron chi connectivity index (χ0n) is 12.5. The summed E-state index contributed by atoms with van der Waals surface area (Å²) in [6.07, 6.45) is 5.41. The van der Waals surface area contributed by atoms with Crippen molar-refractivity contribution >= 4 is 17.2 Å². The van der Waals surface area contributed by atoms with E-state index in [1.54, 1.807) is 6.20 Å². The number of hydrogen-bond donors (Lipinski definition) is 1. The Morgan fingerprint density at radius 1 is 1.32 bits per heavy atom. The number of carbonyl (C=O) groups is 1. The fraction of sp³-hybridized carbons (Fsp3) is 0.188. The predicted octanol–water partition coefficient (Wildman–Crippen LogP) is 1.73. The molecule has 0 aliphatic rings. The normalized spacial score (nSPS) is 10.6. The van der Waals surface area contributed by atoms with Crippen LogP contribution in [-0.2, 0) is 6.54 Å². The lowest BCUT2D eigenvalue weighted by Crippen LogP contribution is -2.24. The van der Waals surface area contributed by atoms with E-state index < -0.39 is 0 Å². The zero-order chi connectivity index (χ0) is 15.5. The summed E-state index contributed by atoms with van der Waals surface area (Å²) in [5, 5.41) is 2.85. The molecule has 6 nitrogen and oxygen atoms in total. The van der Waals surface area contributed by atoms with Crippen LogP contribution in [0.5, 0.6) is 0 Å². The van der Waals surface area contributed by atoms with Gasteiger partial charge in [-0.15, -0.1) is 0 Å². The van der Waals surface area contributed by atoms with Crippen molar-refractivity contribution < 1.29 is 4.79 Å². The Balaban J connectivity index is 1.70. The van der Waals surface area contributed by atoms with E-state index in [1.807, 2.05) is 66.1 Å². The maximum atomic E-state index is 12.2. The molecule has 0 fully saturated rings. The summed E-state index contributed by atoms with van der Waals surface area (Å²) in [7, 11) is 3.83. The smallest absolute Gasteiger partial charge is 0.253 e. The molecule has 3 rings (SSSR count). The highest BCUT2D eigenvalue weighted by molar-refractivity contribution is 5.95. The molecule has 0 aliphatic heterocycles. The molecule has 6 heteroatoms. The van der Waals surface area contributed by atoms with E-state index in [-0.39, 0.29) is 5.91 Å². The largest absolute Gasteiger partial charge is 0.363 e. The first-order chi connectivity index (χ1) is 10.6. The lowest BCUT2D eigenvalue weighted by molar-refractivity contribution is 0.0950. The van der Waals surface area contributed by atoms with Crippen LogP contribution in [0.25, 0.3) is 5.52 Å². The molecule has 0 spiro atoms. The molecule has 0 unspecified atom stereocenters. The first kappa shape index (κ1) is 14.1. The van der Waals surface area contributed by atoms with E-state index in [0.717, 1.165) is 11.3 Å². The van der Waals surface area contributed by atoms with E-state index in [0.29, 0.717) is 17.9 Å². The monoisotopic (exact) mass is 295 g/mol. The van der Waals surface area contributed by atoms with Crippen molar-refractivity contribution in [2.45, 2.75) is 6.54 Å². The van der Waals surface area contributed by atoms with Gasteiger partial charge in [-0.1, -0.05) is 6.07 Å². The molecule has 0 bridgehead atoms. The minimum Gasteiger partial charge on any atom is -0.363 e. The Bertz CT molecular complexity index is 776. The third-order valence-electron chi connectivity index (χ3n) is 3.32. The highest BCUT2D eigenvalue weighted by Crippen LogP contribution is 2.10. The van der Waals surface area contributed by atoms with Crippen molar-refractivity contribution in [3.63, 3.8) is 0 Å². The number of nitrogens with one attached hydrogen (secondary N) is 1. The first-order valence-electron chi connectivity index (χ1n) is 6.97. The van der Waals surface area contributed by atoms with Crippen LogP contribution in [0.4, 0.5) is 5.82 Å². The molecule has 0 saturated carbocycles. The highest BCUT2D eigenvalue weighted by Gasteiger charge is 2.09. The number of anilines is 1. The molecule has 3 aromatic rings. The molecule has 0 aliphatic carbocycles. The third kappa shape index (κ3) is 2.90. The van der Waals surface area contributed by atoms with Crippen LogP contribution in [0.3, 0.4) is 0 Å². The van der Waals surface area contributed by atoms with Crippen molar-refractivity contribution in [3.05, 3.63) is 60.3 Å². The van der Waals surface area contributed by atoms with Crippen LogP contribution < -0.4 is 10.2 Å². The zero-order valence-corrected chi connectivity index (χ0v) is 12.5. The molecule has 1 amide bonds. The maximum absolute atomic E-state index is 12.2. The average molecular weight is 295 g/mol. The van der Waals surface area contributed by atoms with E-state index in [2.05, 4.69) is 15.3 Å². The van der Waals surface area contributed by atoms with Crippen LogP contribution >= 0.6 is 0 Å². The van der Waals surface area contributed by atoms with Crippen molar-refractivity contribution in [2.24, 2.45) is 0 Å². The topological polar surface area (TPSA) is 62.5 Å². The van der Waals surface area contributed by atoms with E-state index in [1.165, 1.54) is 0 Å². The SMILES string of the molecule is CN(C)c1ccnc(CNC(=O)c2cc3ccccn3c2)n1. The summed E-state index contributed by atoms with van der Waals surface area (Å²) in [5.41, 5.74) is 1.61. The molecular weight excluding hydrogens is 278 g/mol. The number of aromatic nitrogens is 3. The molecule has 0 radical (unpaired) electrons. The minimum atomic E-state index is -0.137. The van der Waals surface area contributed by atoms with Gasteiger partial charge in [0.1, 0.15) is 11.6 Å². The summed E-state index contributed by atoms with van der Waals surface area (Å²) in [6, 6.07) is 9.51. The van der Waals surface area contributed by atoms with E-state index in [4.69, 9.17) is 0 Å². The van der Waals surface area contributed by atoms with Gasteiger partial charge in [0, 0.05) is 38.2 Å². The Morgan fingerprint density at radius 2 is 2.18 bits per heavy atom. The maximum Gasteiger partial charge on any atom is 0.253 e. The molecule has 3 aromatic heterocycles. The van der Waals surface area contributed by atoms with Crippen molar-refractivity contribution in [1.29, 1.82) is 0 Å². The number of amides is 1. The highest BCUT2D eigenvalue weighted by atomic mass is 16.1.